The Morgan fingerprint density at radius 3 is 2.32 bits per heavy atom. The number of anilines is 1. The van der Waals surface area contributed by atoms with Crippen molar-refractivity contribution in [3.05, 3.63) is 29.3 Å². The zero-order valence-corrected chi connectivity index (χ0v) is 14.5. The summed E-state index contributed by atoms with van der Waals surface area (Å²) in [4.78, 5) is 21.6. The van der Waals surface area contributed by atoms with Crippen LogP contribution in [0.4, 0.5) is 5.69 Å². The second-order valence-electron chi connectivity index (χ2n) is 5.01. The molecule has 1 saturated carbocycles. The molecular weight excluding hydrogens is 276 g/mol. The van der Waals surface area contributed by atoms with Gasteiger partial charge >= 0.3 is 0 Å². The first-order chi connectivity index (χ1) is 10.6. The molecule has 0 atom stereocenters. The summed E-state index contributed by atoms with van der Waals surface area (Å²) in [6.45, 7) is 7.67. The quantitative estimate of drug-likeness (QED) is 0.828. The minimum atomic E-state index is -0.0452. The number of benzene rings is 1. The minimum Gasteiger partial charge on any atom is -0.326 e. The third-order valence-electron chi connectivity index (χ3n) is 3.51. The minimum absolute atomic E-state index is 0.0452. The van der Waals surface area contributed by atoms with Crippen LogP contribution in [0, 0.1) is 6.92 Å². The molecule has 0 saturated heterocycles. The summed E-state index contributed by atoms with van der Waals surface area (Å²) in [5.41, 5.74) is 2.24. The van der Waals surface area contributed by atoms with Gasteiger partial charge in [-0.3, -0.25) is 9.59 Å². The van der Waals surface area contributed by atoms with Gasteiger partial charge in [0, 0.05) is 23.7 Å². The molecule has 0 unspecified atom stereocenters. The Bertz CT molecular complexity index is 452. The van der Waals surface area contributed by atoms with Crippen LogP contribution in [0.3, 0.4) is 0 Å². The first-order valence-electron chi connectivity index (χ1n) is 8.13. The van der Waals surface area contributed by atoms with E-state index >= 15 is 0 Å². The average molecular weight is 306 g/mol. The van der Waals surface area contributed by atoms with E-state index in [1.807, 2.05) is 33.9 Å². The number of aldehydes is 1. The van der Waals surface area contributed by atoms with Gasteiger partial charge in [0.15, 0.2) is 0 Å². The van der Waals surface area contributed by atoms with E-state index < -0.39 is 0 Å². The summed E-state index contributed by atoms with van der Waals surface area (Å²) in [6.07, 6.45) is 5.43. The van der Waals surface area contributed by atoms with Crippen molar-refractivity contribution in [1.29, 1.82) is 0 Å². The van der Waals surface area contributed by atoms with Crippen molar-refractivity contribution in [2.45, 2.75) is 59.4 Å². The summed E-state index contributed by atoms with van der Waals surface area (Å²) in [6, 6.07) is 6.08. The number of carbonyl (C=O) groups excluding carboxylic acids is 2. The van der Waals surface area contributed by atoms with Gasteiger partial charge in [-0.15, -0.1) is 0 Å². The van der Waals surface area contributed by atoms with Crippen molar-refractivity contribution in [3.63, 3.8) is 0 Å². The molecule has 2 N–H and O–H groups in total. The maximum atomic E-state index is 11.1. The monoisotopic (exact) mass is 306 g/mol. The first-order valence-corrected chi connectivity index (χ1v) is 8.13. The lowest BCUT2D eigenvalue weighted by Crippen LogP contribution is -2.31. The molecule has 1 fully saturated rings. The fourth-order valence-electron chi connectivity index (χ4n) is 1.78. The molecule has 0 spiro atoms. The van der Waals surface area contributed by atoms with Gasteiger partial charge in [-0.2, -0.15) is 0 Å². The van der Waals surface area contributed by atoms with E-state index in [0.717, 1.165) is 17.9 Å². The molecule has 0 heterocycles. The number of rotatable bonds is 4. The predicted octanol–water partition coefficient (Wildman–Crippen LogP) is 3.94. The number of hydrogen-bond donors (Lipinski definition) is 2. The lowest BCUT2D eigenvalue weighted by molar-refractivity contribution is -0.115. The third kappa shape index (κ3) is 7.36. The number of nitrogens with one attached hydrogen (secondary N) is 2. The zero-order valence-electron chi connectivity index (χ0n) is 14.5. The van der Waals surface area contributed by atoms with Crippen LogP contribution in [0.5, 0.6) is 0 Å². The Labute approximate surface area is 134 Å². The zero-order chi connectivity index (χ0) is 17.0. The molecule has 1 aromatic carbocycles. The first kappa shape index (κ1) is 20.3. The molecule has 22 heavy (non-hydrogen) atoms. The van der Waals surface area contributed by atoms with Crippen LogP contribution in [-0.2, 0) is 4.79 Å². The maximum Gasteiger partial charge on any atom is 0.224 e. The standard InChI is InChI=1S/C11H13NO2.C5H11N.C2H6/c1-3-11(14)12-10-6-9(7-13)5-4-8(10)2;1-6-5-3-2-4-5;1-2/h4-7H,3H2,1-2H3,(H,12,14);5-6H,2-4H2,1H3;1-2H3. The summed E-state index contributed by atoms with van der Waals surface area (Å²) in [7, 11) is 2.03. The second-order valence-corrected chi connectivity index (χ2v) is 5.01. The highest BCUT2D eigenvalue weighted by molar-refractivity contribution is 5.92. The summed E-state index contributed by atoms with van der Waals surface area (Å²) in [5.74, 6) is -0.0452. The average Bonchev–Trinajstić information content (AvgIpc) is 2.51. The predicted molar refractivity (Wildman–Crippen MR) is 93.5 cm³/mol. The van der Waals surface area contributed by atoms with E-state index in [4.69, 9.17) is 0 Å². The van der Waals surface area contributed by atoms with E-state index in [-0.39, 0.29) is 5.91 Å². The largest absolute Gasteiger partial charge is 0.326 e. The molecule has 2 rings (SSSR count). The normalized spacial score (nSPS) is 12.8. The van der Waals surface area contributed by atoms with Gasteiger partial charge in [-0.1, -0.05) is 39.3 Å². The number of hydrogen-bond acceptors (Lipinski definition) is 3. The van der Waals surface area contributed by atoms with Crippen molar-refractivity contribution in [2.75, 3.05) is 12.4 Å². The molecule has 0 bridgehead atoms. The van der Waals surface area contributed by atoms with Crippen molar-refractivity contribution < 1.29 is 9.59 Å². The third-order valence-corrected chi connectivity index (χ3v) is 3.51. The Morgan fingerprint density at radius 1 is 1.32 bits per heavy atom. The van der Waals surface area contributed by atoms with E-state index in [1.165, 1.54) is 19.3 Å². The topological polar surface area (TPSA) is 58.2 Å². The molecule has 1 aliphatic carbocycles. The van der Waals surface area contributed by atoms with Gasteiger partial charge in [0.25, 0.3) is 0 Å². The SMILES string of the molecule is CC.CCC(=O)Nc1cc(C=O)ccc1C.CNC1CCC1. The van der Waals surface area contributed by atoms with Gasteiger partial charge < -0.3 is 10.6 Å². The second kappa shape index (κ2) is 11.9. The maximum absolute atomic E-state index is 11.1. The van der Waals surface area contributed by atoms with Crippen LogP contribution < -0.4 is 10.6 Å². The molecule has 0 aliphatic heterocycles. The highest BCUT2D eigenvalue weighted by Gasteiger charge is 2.13. The highest BCUT2D eigenvalue weighted by Crippen LogP contribution is 2.17. The Balaban J connectivity index is 0.000000457. The molecule has 4 nitrogen and oxygen atoms in total. The van der Waals surface area contributed by atoms with Gasteiger partial charge in [0.1, 0.15) is 6.29 Å². The molecule has 0 aromatic heterocycles. The van der Waals surface area contributed by atoms with Crippen LogP contribution >= 0.6 is 0 Å². The van der Waals surface area contributed by atoms with Crippen LogP contribution in [0.1, 0.15) is 62.4 Å². The molecule has 124 valence electrons. The lowest BCUT2D eigenvalue weighted by atomic mass is 9.94. The smallest absolute Gasteiger partial charge is 0.224 e. The van der Waals surface area contributed by atoms with Crippen molar-refractivity contribution >= 4 is 17.9 Å². The van der Waals surface area contributed by atoms with Crippen LogP contribution in [0.15, 0.2) is 18.2 Å². The molecule has 1 aromatic rings. The van der Waals surface area contributed by atoms with E-state index in [1.54, 1.807) is 19.1 Å². The van der Waals surface area contributed by atoms with Gasteiger partial charge in [-0.05, 0) is 38.4 Å². The van der Waals surface area contributed by atoms with Gasteiger partial charge in [0.05, 0.1) is 0 Å². The van der Waals surface area contributed by atoms with Crippen molar-refractivity contribution in [3.8, 4) is 0 Å². The molecule has 4 heteroatoms. The van der Waals surface area contributed by atoms with Crippen molar-refractivity contribution in [1.82, 2.24) is 5.32 Å². The van der Waals surface area contributed by atoms with E-state index in [0.29, 0.717) is 17.7 Å². The van der Waals surface area contributed by atoms with E-state index in [2.05, 4.69) is 10.6 Å². The molecule has 0 radical (unpaired) electrons. The van der Waals surface area contributed by atoms with E-state index in [9.17, 15) is 9.59 Å². The molecular formula is C18H30N2O2. The van der Waals surface area contributed by atoms with Crippen molar-refractivity contribution in [2.24, 2.45) is 0 Å². The Morgan fingerprint density at radius 2 is 1.95 bits per heavy atom. The Kier molecular flexibility index (Phi) is 11.0. The van der Waals surface area contributed by atoms with Crippen LogP contribution in [0.2, 0.25) is 0 Å². The molecule has 1 aliphatic rings. The lowest BCUT2D eigenvalue weighted by Gasteiger charge is -2.23. The van der Waals surface area contributed by atoms with Gasteiger partial charge in [0.2, 0.25) is 5.91 Å². The molecule has 1 amide bonds. The highest BCUT2D eigenvalue weighted by atomic mass is 16.1. The number of carbonyl (C=O) groups is 2. The fraction of sp³-hybridized carbons (Fsp3) is 0.556. The van der Waals surface area contributed by atoms with Crippen LogP contribution in [-0.4, -0.2) is 25.3 Å². The number of aryl methyl sites for hydroxylation is 1. The summed E-state index contributed by atoms with van der Waals surface area (Å²) < 4.78 is 0. The van der Waals surface area contributed by atoms with Crippen LogP contribution in [0.25, 0.3) is 0 Å². The fourth-order valence-corrected chi connectivity index (χ4v) is 1.78. The Hall–Kier alpha value is -1.68. The number of amides is 1. The van der Waals surface area contributed by atoms with Gasteiger partial charge in [-0.25, -0.2) is 0 Å². The summed E-state index contributed by atoms with van der Waals surface area (Å²) >= 11 is 0. The summed E-state index contributed by atoms with van der Waals surface area (Å²) in [5, 5.41) is 5.94.